The summed E-state index contributed by atoms with van der Waals surface area (Å²) < 4.78 is 127. The summed E-state index contributed by atoms with van der Waals surface area (Å²) in [5, 5.41) is 36.1. The van der Waals surface area contributed by atoms with Crippen molar-refractivity contribution in [2.75, 3.05) is 105 Å². The molecule has 3 unspecified atom stereocenters. The average molecular weight is 2210 g/mol. The van der Waals surface area contributed by atoms with E-state index in [0.29, 0.717) is 93.7 Å². The van der Waals surface area contributed by atoms with Crippen LogP contribution in [0.4, 0.5) is 57.8 Å². The number of hydrogen-bond acceptors (Lipinski definition) is 30. The van der Waals surface area contributed by atoms with E-state index in [9.17, 15) is 45.9 Å². The first-order chi connectivity index (χ1) is 68.8. The predicted molar refractivity (Wildman–Crippen MR) is 541 cm³/mol. The number of nitrogen functional groups attached to an aromatic ring is 3. The fraction of sp³-hybridized carbons (Fsp3) is 0.375. The molecule has 770 valence electrons. The zero-order valence-corrected chi connectivity index (χ0v) is 94.1. The monoisotopic (exact) mass is 2210 g/mol. The van der Waals surface area contributed by atoms with E-state index in [-0.39, 0.29) is 270 Å². The van der Waals surface area contributed by atoms with Crippen molar-refractivity contribution >= 4 is 153 Å². The molecule has 3 atom stereocenters. The summed E-state index contributed by atoms with van der Waals surface area (Å²) in [5.41, 5.74) is 17.0. The Labute approximate surface area is 948 Å². The molecule has 3 saturated heterocycles. The van der Waals surface area contributed by atoms with Crippen LogP contribution in [0.2, 0.25) is 15.1 Å². The van der Waals surface area contributed by atoms with E-state index in [1.54, 1.807) is 101 Å². The minimum absolute atomic E-state index is 0. The number of benzene rings is 6. The minimum atomic E-state index is -1.09. The van der Waals surface area contributed by atoms with Crippen molar-refractivity contribution in [1.82, 2.24) is 104 Å². The van der Waals surface area contributed by atoms with Gasteiger partial charge in [-0.3, -0.25) is 38.5 Å². The van der Waals surface area contributed by atoms with Crippen LogP contribution < -0.4 is 167 Å². The topological polar surface area (TPSA) is 464 Å². The number of nitrogens with zero attached hydrogens (tertiary/aromatic N) is 22. The molecule has 3 aliphatic heterocycles. The number of methoxy groups -OCH3 is 1. The number of H-pyrrole nitrogens is 1. The quantitative estimate of drug-likeness (QED) is 0.0179. The Balaban J connectivity index is 0.000000205. The molecule has 3 aliphatic rings. The van der Waals surface area contributed by atoms with Gasteiger partial charge in [-0.25, -0.2) is 99.8 Å². The Morgan fingerprint density at radius 1 is 0.531 bits per heavy atom. The molecular formula is C96H106BrCl3F7K2N27O11. The van der Waals surface area contributed by atoms with Gasteiger partial charge >= 0.3 is 115 Å². The molecular weight excluding hydrogens is 2100 g/mol. The summed E-state index contributed by atoms with van der Waals surface area (Å²) in [6.45, 7) is 34.8. The third kappa shape index (κ3) is 24.2. The van der Waals surface area contributed by atoms with Crippen LogP contribution in [-0.2, 0) is 19.2 Å². The Bertz CT molecular complexity index is 7740. The van der Waals surface area contributed by atoms with Crippen molar-refractivity contribution in [3.05, 3.63) is 220 Å². The largest absolute Gasteiger partial charge is 1.00 e. The van der Waals surface area contributed by atoms with Gasteiger partial charge in [0.25, 0.3) is 23.2 Å². The molecule has 0 radical (unpaired) electrons. The SMILES string of the molecule is CC(Br)c1nc2cccc(Cl)c2c(=O)n1N1CCN(C(=O)OC(C)(C)C)C(C)(C)C1.COc1ccc(-c2[nH]nc3ncnc(N)c23)c(F)c1F.Cc1ccc(-c2nn(C(C)c3nc4cccc(Cl)c4c(=O)n3N3CCN(C(=O)OC(C)(C)C)C(C)(C)C3)c3ncnc(N)c23)c(F)c1F.Cc1ccc(-c2nn(C(C)c3nc4cccc(Cl)c4c(=O)n3N3CCNC(C)(C)C3)c3ncnc(N)c23)c(F)c1F.O=CO[O-].[2H]CF.[H-].[K+].[K+]. The van der Waals surface area contributed by atoms with Crippen LogP contribution in [0.15, 0.2) is 124 Å². The maximum atomic E-state index is 15.3. The molecule has 2 amide bonds. The molecule has 38 nitrogen and oxygen atoms in total. The van der Waals surface area contributed by atoms with Gasteiger partial charge in [0, 0.05) is 48.4 Å². The molecule has 8 N–H and O–H groups in total. The van der Waals surface area contributed by atoms with Gasteiger partial charge in [0.1, 0.15) is 76.9 Å². The molecule has 18 rings (SSSR count). The summed E-state index contributed by atoms with van der Waals surface area (Å²) in [7, 11) is 0.259. The van der Waals surface area contributed by atoms with Crippen LogP contribution in [0.25, 0.3) is 99.6 Å². The molecule has 12 heterocycles. The Morgan fingerprint density at radius 3 is 1.27 bits per heavy atom. The van der Waals surface area contributed by atoms with Crippen LogP contribution in [0.5, 0.6) is 5.75 Å². The van der Waals surface area contributed by atoms with Gasteiger partial charge in [0.05, 0.1) is 134 Å². The van der Waals surface area contributed by atoms with Gasteiger partial charge in [-0.2, -0.15) is 19.7 Å². The van der Waals surface area contributed by atoms with Gasteiger partial charge in [-0.05, 0) is 189 Å². The Kier molecular flexibility index (Phi) is 36.7. The van der Waals surface area contributed by atoms with Crippen molar-refractivity contribution in [3.8, 4) is 39.5 Å². The van der Waals surface area contributed by atoms with Gasteiger partial charge in [0.2, 0.25) is 5.82 Å². The number of ether oxygens (including phenoxy) is 3. The predicted octanol–water partition coefficient (Wildman–Crippen LogP) is 9.06. The maximum Gasteiger partial charge on any atom is 1.00 e. The molecule has 15 aromatic rings. The van der Waals surface area contributed by atoms with Crippen molar-refractivity contribution in [2.24, 2.45) is 0 Å². The number of carbonyl (C=O) groups excluding carboxylic acids is 3. The third-order valence-electron chi connectivity index (χ3n) is 23.8. The fourth-order valence-electron chi connectivity index (χ4n) is 17.1. The van der Waals surface area contributed by atoms with Crippen molar-refractivity contribution in [1.29, 1.82) is 0 Å². The number of carbonyl (C=O) groups is 3. The number of anilines is 3. The van der Waals surface area contributed by atoms with E-state index < -0.39 is 88.1 Å². The van der Waals surface area contributed by atoms with Gasteiger partial charge in [-0.1, -0.05) is 81.1 Å². The number of nitrogens with two attached hydrogens (primary N) is 3. The van der Waals surface area contributed by atoms with E-state index in [1.807, 2.05) is 77.3 Å². The number of aryl methyl sites for hydroxylation is 2. The molecule has 0 aliphatic carbocycles. The van der Waals surface area contributed by atoms with Crippen LogP contribution in [-0.4, -0.2) is 218 Å². The van der Waals surface area contributed by atoms with Gasteiger partial charge < -0.3 is 63.3 Å². The molecule has 0 saturated carbocycles. The molecule has 9 aromatic heterocycles. The number of fused-ring (bicyclic) bond motifs is 6. The summed E-state index contributed by atoms with van der Waals surface area (Å²) in [5.74, 6) is -5.00. The molecule has 0 bridgehead atoms. The Hall–Kier alpha value is -10.9. The van der Waals surface area contributed by atoms with E-state index in [0.717, 1.165) is 0 Å². The first-order valence-corrected chi connectivity index (χ1v) is 47.0. The van der Waals surface area contributed by atoms with Crippen LogP contribution in [0, 0.1) is 48.8 Å². The van der Waals surface area contributed by atoms with Crippen LogP contribution >= 0.6 is 50.7 Å². The minimum Gasteiger partial charge on any atom is -1.00 e. The third-order valence-corrected chi connectivity index (χ3v) is 25.2. The summed E-state index contributed by atoms with van der Waals surface area (Å²) >= 11 is 22.9. The number of hydrogen-bond donors (Lipinski definition) is 5. The Morgan fingerprint density at radius 2 is 0.898 bits per heavy atom. The number of aromatic amines is 1. The zero-order chi connectivity index (χ0) is 107. The zero-order valence-electron chi connectivity index (χ0n) is 86.0. The summed E-state index contributed by atoms with van der Waals surface area (Å²) in [4.78, 5) is 121. The number of aromatic nitrogens is 18. The van der Waals surface area contributed by atoms with Gasteiger partial charge in [-0.15, -0.1) is 0 Å². The fourth-order valence-corrected chi connectivity index (χ4v) is 18.2. The number of amides is 2. The first kappa shape index (κ1) is 115. The van der Waals surface area contributed by atoms with Crippen molar-refractivity contribution in [2.45, 2.75) is 162 Å². The second-order valence-corrected chi connectivity index (χ2v) is 40.4. The molecule has 0 spiro atoms. The number of halogens is 11. The van der Waals surface area contributed by atoms with E-state index in [2.05, 4.69) is 85.2 Å². The smallest absolute Gasteiger partial charge is 1.00 e. The van der Waals surface area contributed by atoms with Crippen LogP contribution in [0.1, 0.15) is 152 Å². The van der Waals surface area contributed by atoms with E-state index in [4.69, 9.17) is 97.7 Å². The molecule has 6 aromatic carbocycles. The molecule has 147 heavy (non-hydrogen) atoms. The summed E-state index contributed by atoms with van der Waals surface area (Å²) in [6.07, 6.45) is 2.96. The standard InChI is InChI=1S/C33H36ClF2N9O3.C28H28ClF2N9O.C21H28BrClN4O3.C12H9F2N5O.CH3F.CH2O3.2K.H/c1-17-11-12-19(25(36)24(17)35)26-23-27(37)38-16-39-29(23)44(41-26)18(2)28-40-21-10-8-9-20(34)22(21)30(46)45(28)42-13-14-43(33(6,7)15-42)31(47)48-32(3,4)5;1-14-8-9-16(22(31)21(14)30)23-20-24(32)33-13-34-26(20)39(37-23)15(2)25-36-18-7-5-6-17(29)19(18)27(41)40(25)38-11-10-35-28(3,4)12-38;1-13(22)17-24-15-9-7-8-14(23)16(15)18(28)27(17)25-10-11-26(21(5,6)12-25)19(29)30-20(2,3)4;1-20-6-3-2-5(8(13)9(6)14)10-7-11(15)16-4-17-12(7)19-18-10;1-2;2-1-4-3;;;/h8-12,16,18H,13-15H2,1-7H3,(H2,37,38,39);5-9,13,15,35H,10-12H2,1-4H3,(H2,32,33,34);7-9,13H,10-12H2,1-6H3;2-4H,1H3,(H3,15,16,17,18,19);1H3;1,3H;;;/q;;;;;;2*+1;-1/p-1/i;;;;1D;;;;. The summed E-state index contributed by atoms with van der Waals surface area (Å²) in [6, 6.07) is 22.4. The average Bonchev–Trinajstić information content (AvgIpc) is 1.46. The maximum absolute atomic E-state index is 15.3. The molecule has 3 fully saturated rings. The number of rotatable bonds is 13. The molecule has 51 heteroatoms. The number of piperazine rings is 3. The second kappa shape index (κ2) is 47.1. The van der Waals surface area contributed by atoms with E-state index in [1.165, 1.54) is 90.4 Å². The number of alkyl halides is 2. The normalized spacial score (nSPS) is 15.0. The van der Waals surface area contributed by atoms with Crippen molar-refractivity contribution in [3.63, 3.8) is 0 Å². The number of nitrogens with one attached hydrogen (secondary N) is 2. The van der Waals surface area contributed by atoms with Crippen molar-refractivity contribution < 1.29 is 175 Å². The first-order valence-electron chi connectivity index (χ1n) is 45.7. The second-order valence-electron chi connectivity index (χ2n) is 37.8. The van der Waals surface area contributed by atoms with Crippen LogP contribution in [0.3, 0.4) is 0 Å². The van der Waals surface area contributed by atoms with Gasteiger partial charge in [0.15, 0.2) is 63.4 Å². The van der Waals surface area contributed by atoms with E-state index >= 15 is 8.78 Å².